The zero-order chi connectivity index (χ0) is 14.4. The number of aliphatic hydroxyl groups is 1. The molecule has 1 heterocycles. The maximum Gasteiger partial charge on any atom is 0.212 e. The van der Waals surface area contributed by atoms with E-state index in [0.29, 0.717) is 12.8 Å². The fourth-order valence-corrected chi connectivity index (χ4v) is 3.88. The molecule has 1 fully saturated rings. The van der Waals surface area contributed by atoms with Crippen molar-refractivity contribution in [2.24, 2.45) is 0 Å². The Labute approximate surface area is 120 Å². The van der Waals surface area contributed by atoms with Gasteiger partial charge in [0.1, 0.15) is 0 Å². The van der Waals surface area contributed by atoms with Crippen LogP contribution in [0.3, 0.4) is 0 Å². The number of pyridine rings is 1. The van der Waals surface area contributed by atoms with E-state index in [9.17, 15) is 13.5 Å². The smallest absolute Gasteiger partial charge is 0.212 e. The highest BCUT2D eigenvalue weighted by Gasteiger charge is 2.25. The lowest BCUT2D eigenvalue weighted by Gasteiger charge is -2.21. The maximum atomic E-state index is 12.1. The third-order valence-electron chi connectivity index (χ3n) is 3.72. The predicted octanol–water partition coefficient (Wildman–Crippen LogP) is 1.24. The Morgan fingerprint density at radius 3 is 2.65 bits per heavy atom. The lowest BCUT2D eigenvalue weighted by atomic mass is 10.1. The molecule has 0 aliphatic heterocycles. The van der Waals surface area contributed by atoms with Gasteiger partial charge >= 0.3 is 0 Å². The van der Waals surface area contributed by atoms with Gasteiger partial charge in [0.05, 0.1) is 11.9 Å². The molecule has 0 radical (unpaired) electrons. The van der Waals surface area contributed by atoms with Crippen molar-refractivity contribution in [2.45, 2.75) is 50.7 Å². The summed E-state index contributed by atoms with van der Waals surface area (Å²) in [6.45, 7) is 0. The molecule has 6 heteroatoms. The van der Waals surface area contributed by atoms with Gasteiger partial charge in [-0.15, -0.1) is 0 Å². The summed E-state index contributed by atoms with van der Waals surface area (Å²) in [5, 5.41) is 9.96. The number of rotatable bonds is 5. The van der Waals surface area contributed by atoms with E-state index in [2.05, 4.69) is 9.71 Å². The van der Waals surface area contributed by atoms with E-state index in [-0.39, 0.29) is 11.8 Å². The summed E-state index contributed by atoms with van der Waals surface area (Å²) in [5.74, 6) is 0.0419. The van der Waals surface area contributed by atoms with E-state index in [1.165, 1.54) is 0 Å². The van der Waals surface area contributed by atoms with Gasteiger partial charge in [0.15, 0.2) is 0 Å². The highest BCUT2D eigenvalue weighted by Crippen LogP contribution is 2.18. The van der Waals surface area contributed by atoms with Gasteiger partial charge in [-0.1, -0.05) is 19.3 Å². The highest BCUT2D eigenvalue weighted by molar-refractivity contribution is 7.89. The zero-order valence-corrected chi connectivity index (χ0v) is 12.3. The molecule has 1 aromatic rings. The normalized spacial score (nSPS) is 24.2. The molecule has 0 bridgehead atoms. The van der Waals surface area contributed by atoms with Crippen molar-refractivity contribution in [2.75, 3.05) is 5.75 Å². The second kappa shape index (κ2) is 7.15. The van der Waals surface area contributed by atoms with Crippen LogP contribution in [0.25, 0.3) is 0 Å². The number of nitrogens with one attached hydrogen (secondary N) is 1. The van der Waals surface area contributed by atoms with E-state index < -0.39 is 16.1 Å². The van der Waals surface area contributed by atoms with E-state index in [1.54, 1.807) is 12.4 Å². The molecular formula is C14H22N2O3S. The molecule has 2 rings (SSSR count). The Hall–Kier alpha value is -0.980. The Balaban J connectivity index is 1.89. The topological polar surface area (TPSA) is 79.3 Å². The fraction of sp³-hybridized carbons (Fsp3) is 0.643. The van der Waals surface area contributed by atoms with Gasteiger partial charge in [0, 0.05) is 18.4 Å². The fourth-order valence-electron chi connectivity index (χ4n) is 2.52. The molecule has 0 spiro atoms. The number of nitrogens with zero attached hydrogens (tertiary/aromatic N) is 1. The molecule has 2 N–H and O–H groups in total. The van der Waals surface area contributed by atoms with Gasteiger partial charge in [-0.3, -0.25) is 4.98 Å². The molecule has 1 aromatic heterocycles. The molecule has 1 aliphatic carbocycles. The Kier molecular flexibility index (Phi) is 5.51. The number of sulfonamides is 1. The molecule has 0 amide bonds. The van der Waals surface area contributed by atoms with E-state index in [0.717, 1.165) is 31.2 Å². The molecule has 112 valence electrons. The van der Waals surface area contributed by atoms with Crippen molar-refractivity contribution in [1.29, 1.82) is 0 Å². The summed E-state index contributed by atoms with van der Waals surface area (Å²) in [6.07, 6.45) is 7.60. The highest BCUT2D eigenvalue weighted by atomic mass is 32.2. The standard InChI is InChI=1S/C14H22N2O3S/c17-14-5-3-1-2-4-13(14)16-20(18,19)11-8-12-6-9-15-10-7-12/h6-7,9-10,13-14,16-17H,1-5,8,11H2. The average molecular weight is 298 g/mol. The third-order valence-corrected chi connectivity index (χ3v) is 5.12. The van der Waals surface area contributed by atoms with Gasteiger partial charge in [-0.2, -0.15) is 0 Å². The van der Waals surface area contributed by atoms with Crippen molar-refractivity contribution in [3.8, 4) is 0 Å². The second-order valence-electron chi connectivity index (χ2n) is 5.35. The molecule has 2 atom stereocenters. The molecule has 1 saturated carbocycles. The van der Waals surface area contributed by atoms with Gasteiger partial charge in [0.25, 0.3) is 0 Å². The first-order valence-corrected chi connectivity index (χ1v) is 8.79. The number of aromatic nitrogens is 1. The van der Waals surface area contributed by atoms with Crippen molar-refractivity contribution < 1.29 is 13.5 Å². The van der Waals surface area contributed by atoms with Gasteiger partial charge in [-0.25, -0.2) is 13.1 Å². The third kappa shape index (κ3) is 4.85. The molecule has 2 unspecified atom stereocenters. The van der Waals surface area contributed by atoms with Crippen LogP contribution in [0.15, 0.2) is 24.5 Å². The Morgan fingerprint density at radius 1 is 1.20 bits per heavy atom. The minimum Gasteiger partial charge on any atom is -0.391 e. The molecule has 1 aliphatic rings. The largest absolute Gasteiger partial charge is 0.391 e. The number of hydrogen-bond donors (Lipinski definition) is 2. The SMILES string of the molecule is O=S(=O)(CCc1ccncc1)NC1CCCCCC1O. The summed E-state index contributed by atoms with van der Waals surface area (Å²) < 4.78 is 26.8. The lowest BCUT2D eigenvalue weighted by Crippen LogP contribution is -2.43. The van der Waals surface area contributed by atoms with E-state index in [4.69, 9.17) is 0 Å². The first-order chi connectivity index (χ1) is 9.57. The minimum atomic E-state index is -3.36. The van der Waals surface area contributed by atoms with E-state index >= 15 is 0 Å². The summed E-state index contributed by atoms with van der Waals surface area (Å²) >= 11 is 0. The van der Waals surface area contributed by atoms with Crippen LogP contribution in [0, 0.1) is 0 Å². The van der Waals surface area contributed by atoms with Crippen LogP contribution in [0.2, 0.25) is 0 Å². The Bertz CT molecular complexity index is 504. The summed E-state index contributed by atoms with van der Waals surface area (Å²) in [5.41, 5.74) is 0.951. The second-order valence-corrected chi connectivity index (χ2v) is 7.23. The molecule has 20 heavy (non-hydrogen) atoms. The number of aryl methyl sites for hydroxylation is 1. The first-order valence-electron chi connectivity index (χ1n) is 7.14. The van der Waals surface area contributed by atoms with Crippen molar-refractivity contribution >= 4 is 10.0 Å². The first kappa shape index (κ1) is 15.4. The van der Waals surface area contributed by atoms with Crippen LogP contribution in [0.4, 0.5) is 0 Å². The molecule has 5 nitrogen and oxygen atoms in total. The van der Waals surface area contributed by atoms with Crippen LogP contribution in [0.1, 0.15) is 37.7 Å². The van der Waals surface area contributed by atoms with Crippen molar-refractivity contribution in [3.05, 3.63) is 30.1 Å². The van der Waals surface area contributed by atoms with Gasteiger partial charge in [-0.05, 0) is 37.0 Å². The van der Waals surface area contributed by atoms with Gasteiger partial charge < -0.3 is 5.11 Å². The summed E-state index contributed by atoms with van der Waals surface area (Å²) in [6, 6.07) is 3.30. The maximum absolute atomic E-state index is 12.1. The van der Waals surface area contributed by atoms with Gasteiger partial charge in [0.2, 0.25) is 10.0 Å². The van der Waals surface area contributed by atoms with Crippen LogP contribution in [-0.2, 0) is 16.4 Å². The van der Waals surface area contributed by atoms with Crippen LogP contribution >= 0.6 is 0 Å². The average Bonchev–Trinajstić information content (AvgIpc) is 2.63. The van der Waals surface area contributed by atoms with Crippen molar-refractivity contribution in [1.82, 2.24) is 9.71 Å². The van der Waals surface area contributed by atoms with E-state index in [1.807, 2.05) is 12.1 Å². The quantitative estimate of drug-likeness (QED) is 0.802. The molecule has 0 aromatic carbocycles. The lowest BCUT2D eigenvalue weighted by molar-refractivity contribution is 0.130. The summed E-state index contributed by atoms with van der Waals surface area (Å²) in [4.78, 5) is 3.91. The monoisotopic (exact) mass is 298 g/mol. The molecular weight excluding hydrogens is 276 g/mol. The minimum absolute atomic E-state index is 0.0419. The van der Waals surface area contributed by atoms with Crippen molar-refractivity contribution in [3.63, 3.8) is 0 Å². The predicted molar refractivity (Wildman–Crippen MR) is 77.7 cm³/mol. The number of aliphatic hydroxyl groups excluding tert-OH is 1. The summed E-state index contributed by atoms with van der Waals surface area (Å²) in [7, 11) is -3.36. The number of hydrogen-bond acceptors (Lipinski definition) is 4. The van der Waals surface area contributed by atoms with Crippen LogP contribution in [0.5, 0.6) is 0 Å². The Morgan fingerprint density at radius 2 is 1.90 bits per heavy atom. The van der Waals surface area contributed by atoms with Crippen LogP contribution in [-0.4, -0.2) is 36.4 Å². The van der Waals surface area contributed by atoms with Crippen LogP contribution < -0.4 is 4.72 Å². The molecule has 0 saturated heterocycles. The zero-order valence-electron chi connectivity index (χ0n) is 11.5.